The Hall–Kier alpha value is -2.33. The largest absolute Gasteiger partial charge is 0.465 e. The van der Waals surface area contributed by atoms with Crippen LogP contribution in [0, 0.1) is 6.92 Å². The van der Waals surface area contributed by atoms with E-state index >= 15 is 0 Å². The molecule has 0 atom stereocenters. The van der Waals surface area contributed by atoms with Crippen LogP contribution in [0.5, 0.6) is 0 Å². The minimum atomic E-state index is -0.422. The van der Waals surface area contributed by atoms with E-state index in [1.165, 1.54) is 7.11 Å². The Balaban J connectivity index is 2.31. The van der Waals surface area contributed by atoms with E-state index in [0.717, 1.165) is 11.1 Å². The predicted molar refractivity (Wildman–Crippen MR) is 80.5 cm³/mol. The number of aryl methyl sites for hydroxylation is 1. The van der Waals surface area contributed by atoms with Gasteiger partial charge in [0.15, 0.2) is 11.5 Å². The van der Waals surface area contributed by atoms with Crippen molar-refractivity contribution in [3.8, 4) is 11.1 Å². The van der Waals surface area contributed by atoms with Gasteiger partial charge >= 0.3 is 5.97 Å². The molecule has 0 fully saturated rings. The molecule has 1 heterocycles. The number of hydrogen-bond acceptors (Lipinski definition) is 4. The van der Waals surface area contributed by atoms with Crippen LogP contribution in [0.2, 0.25) is 5.02 Å². The number of hydrogen-bond donors (Lipinski definition) is 0. The first kappa shape index (κ1) is 13.6. The highest BCUT2D eigenvalue weighted by atomic mass is 35.5. The first-order valence-electron chi connectivity index (χ1n) is 6.34. The summed E-state index contributed by atoms with van der Waals surface area (Å²) in [6.07, 6.45) is 0. The number of methoxy groups -OCH3 is 1. The van der Waals surface area contributed by atoms with Gasteiger partial charge in [-0.25, -0.2) is 9.78 Å². The van der Waals surface area contributed by atoms with Gasteiger partial charge < -0.3 is 9.15 Å². The lowest BCUT2D eigenvalue weighted by molar-refractivity contribution is 0.0601. The molecule has 0 saturated carbocycles. The van der Waals surface area contributed by atoms with Gasteiger partial charge in [0, 0.05) is 17.5 Å². The van der Waals surface area contributed by atoms with Crippen LogP contribution in [-0.4, -0.2) is 18.1 Å². The second kappa shape index (κ2) is 5.22. The molecule has 0 N–H and O–H groups in total. The van der Waals surface area contributed by atoms with Gasteiger partial charge in [0.25, 0.3) is 0 Å². The smallest absolute Gasteiger partial charge is 0.338 e. The third kappa shape index (κ3) is 2.50. The highest BCUT2D eigenvalue weighted by Gasteiger charge is 2.16. The van der Waals surface area contributed by atoms with Crippen molar-refractivity contribution in [1.82, 2.24) is 4.98 Å². The fourth-order valence-corrected chi connectivity index (χ4v) is 2.44. The lowest BCUT2D eigenvalue weighted by Gasteiger charge is -2.06. The fourth-order valence-electron chi connectivity index (χ4n) is 2.25. The molecule has 0 amide bonds. The molecule has 0 bridgehead atoms. The van der Waals surface area contributed by atoms with E-state index in [0.29, 0.717) is 27.6 Å². The van der Waals surface area contributed by atoms with E-state index < -0.39 is 5.97 Å². The second-order valence-electron chi connectivity index (χ2n) is 4.61. The number of halogens is 1. The zero-order valence-corrected chi connectivity index (χ0v) is 12.3. The molecular formula is C16H12ClNO3. The number of esters is 1. The topological polar surface area (TPSA) is 52.3 Å². The zero-order chi connectivity index (χ0) is 15.0. The molecule has 106 valence electrons. The SMILES string of the molecule is COC(=O)c1cc(-c2cccc(Cl)c2)c2nc(C)oc2c1. The molecule has 2 aromatic carbocycles. The molecule has 0 aliphatic carbocycles. The normalized spacial score (nSPS) is 10.8. The standard InChI is InChI=1S/C16H12ClNO3/c1-9-18-15-13(10-4-3-5-12(17)6-10)7-11(16(19)20-2)8-14(15)21-9/h3-8H,1-2H3. The molecule has 4 nitrogen and oxygen atoms in total. The lowest BCUT2D eigenvalue weighted by atomic mass is 10.0. The maximum absolute atomic E-state index is 11.8. The Morgan fingerprint density at radius 2 is 2.10 bits per heavy atom. The molecule has 5 heteroatoms. The minimum Gasteiger partial charge on any atom is -0.465 e. The predicted octanol–water partition coefficient (Wildman–Crippen LogP) is 4.24. The number of benzene rings is 2. The number of carbonyl (C=O) groups is 1. The Labute approximate surface area is 126 Å². The average molecular weight is 302 g/mol. The van der Waals surface area contributed by atoms with Crippen LogP contribution >= 0.6 is 11.6 Å². The first-order chi connectivity index (χ1) is 10.1. The molecule has 1 aromatic heterocycles. The van der Waals surface area contributed by atoms with Crippen molar-refractivity contribution < 1.29 is 13.9 Å². The summed E-state index contributed by atoms with van der Waals surface area (Å²) < 4.78 is 10.3. The van der Waals surface area contributed by atoms with Crippen LogP contribution in [0.1, 0.15) is 16.2 Å². The average Bonchev–Trinajstić information content (AvgIpc) is 2.85. The number of ether oxygens (including phenoxy) is 1. The Morgan fingerprint density at radius 1 is 1.29 bits per heavy atom. The van der Waals surface area contributed by atoms with Crippen molar-refractivity contribution in [3.05, 3.63) is 52.9 Å². The van der Waals surface area contributed by atoms with Crippen molar-refractivity contribution in [2.24, 2.45) is 0 Å². The second-order valence-corrected chi connectivity index (χ2v) is 5.04. The molecule has 21 heavy (non-hydrogen) atoms. The number of carbonyl (C=O) groups excluding carboxylic acids is 1. The van der Waals surface area contributed by atoms with E-state index in [1.54, 1.807) is 25.1 Å². The Kier molecular flexibility index (Phi) is 3.39. The van der Waals surface area contributed by atoms with Gasteiger partial charge in [-0.2, -0.15) is 0 Å². The van der Waals surface area contributed by atoms with Crippen molar-refractivity contribution in [1.29, 1.82) is 0 Å². The van der Waals surface area contributed by atoms with Crippen molar-refractivity contribution >= 4 is 28.7 Å². The number of fused-ring (bicyclic) bond motifs is 1. The molecule has 0 saturated heterocycles. The van der Waals surface area contributed by atoms with E-state index in [4.69, 9.17) is 20.8 Å². The van der Waals surface area contributed by atoms with Crippen molar-refractivity contribution in [2.45, 2.75) is 6.92 Å². The van der Waals surface area contributed by atoms with Crippen LogP contribution in [0.15, 0.2) is 40.8 Å². The summed E-state index contributed by atoms with van der Waals surface area (Å²) in [7, 11) is 1.34. The van der Waals surface area contributed by atoms with Gasteiger partial charge in [0.05, 0.1) is 12.7 Å². The molecular weight excluding hydrogens is 290 g/mol. The summed E-state index contributed by atoms with van der Waals surface area (Å²) in [5.74, 6) is 0.115. The number of oxazole rings is 1. The van der Waals surface area contributed by atoms with Gasteiger partial charge in [-0.1, -0.05) is 23.7 Å². The fraction of sp³-hybridized carbons (Fsp3) is 0.125. The molecule has 0 unspecified atom stereocenters. The lowest BCUT2D eigenvalue weighted by Crippen LogP contribution is -2.01. The molecule has 3 rings (SSSR count). The van der Waals surface area contributed by atoms with Crippen LogP contribution < -0.4 is 0 Å². The molecule has 0 radical (unpaired) electrons. The molecule has 3 aromatic rings. The third-order valence-electron chi connectivity index (χ3n) is 3.16. The number of rotatable bonds is 2. The third-order valence-corrected chi connectivity index (χ3v) is 3.39. The van der Waals surface area contributed by atoms with Crippen LogP contribution in [-0.2, 0) is 4.74 Å². The van der Waals surface area contributed by atoms with Gasteiger partial charge in [-0.3, -0.25) is 0 Å². The van der Waals surface area contributed by atoms with Crippen molar-refractivity contribution in [2.75, 3.05) is 7.11 Å². The van der Waals surface area contributed by atoms with E-state index in [-0.39, 0.29) is 0 Å². The first-order valence-corrected chi connectivity index (χ1v) is 6.71. The van der Waals surface area contributed by atoms with Crippen molar-refractivity contribution in [3.63, 3.8) is 0 Å². The van der Waals surface area contributed by atoms with E-state index in [2.05, 4.69) is 4.98 Å². The van der Waals surface area contributed by atoms with Crippen LogP contribution in [0.4, 0.5) is 0 Å². The molecule has 0 aliphatic rings. The summed E-state index contributed by atoms with van der Waals surface area (Å²) in [5.41, 5.74) is 3.31. The quantitative estimate of drug-likeness (QED) is 0.664. The highest BCUT2D eigenvalue weighted by Crippen LogP contribution is 2.31. The molecule has 0 aliphatic heterocycles. The van der Waals surface area contributed by atoms with Crippen LogP contribution in [0.3, 0.4) is 0 Å². The van der Waals surface area contributed by atoms with Gasteiger partial charge in [-0.05, 0) is 29.8 Å². The highest BCUT2D eigenvalue weighted by molar-refractivity contribution is 6.30. The number of nitrogens with zero attached hydrogens (tertiary/aromatic N) is 1. The van der Waals surface area contributed by atoms with E-state index in [1.807, 2.05) is 18.2 Å². The minimum absolute atomic E-state index is 0.413. The Morgan fingerprint density at radius 3 is 2.81 bits per heavy atom. The summed E-state index contributed by atoms with van der Waals surface area (Å²) >= 11 is 6.05. The maximum Gasteiger partial charge on any atom is 0.338 e. The monoisotopic (exact) mass is 301 g/mol. The summed E-state index contributed by atoms with van der Waals surface area (Å²) in [5, 5.41) is 0.615. The summed E-state index contributed by atoms with van der Waals surface area (Å²) in [6.45, 7) is 1.76. The maximum atomic E-state index is 11.8. The van der Waals surface area contributed by atoms with Gasteiger partial charge in [-0.15, -0.1) is 0 Å². The summed E-state index contributed by atoms with van der Waals surface area (Å²) in [6, 6.07) is 10.7. The Bertz CT molecular complexity index is 839. The summed E-state index contributed by atoms with van der Waals surface area (Å²) in [4.78, 5) is 16.2. The zero-order valence-electron chi connectivity index (χ0n) is 11.5. The van der Waals surface area contributed by atoms with E-state index in [9.17, 15) is 4.79 Å². The van der Waals surface area contributed by atoms with Crippen LogP contribution in [0.25, 0.3) is 22.2 Å². The van der Waals surface area contributed by atoms with Gasteiger partial charge in [0.1, 0.15) is 5.52 Å². The molecule has 0 spiro atoms. The van der Waals surface area contributed by atoms with Gasteiger partial charge in [0.2, 0.25) is 0 Å². The number of aromatic nitrogens is 1.